The lowest BCUT2D eigenvalue weighted by atomic mass is 10.1. The maximum atomic E-state index is 5.93. The third-order valence-electron chi connectivity index (χ3n) is 3.05. The molecular formula is C17H22N2O. The molecule has 0 aromatic heterocycles. The normalized spacial score (nSPS) is 10.7. The van der Waals surface area contributed by atoms with Crippen molar-refractivity contribution in [1.29, 1.82) is 0 Å². The Morgan fingerprint density at radius 1 is 1.05 bits per heavy atom. The summed E-state index contributed by atoms with van der Waals surface area (Å²) in [5, 5.41) is 3.42. The van der Waals surface area contributed by atoms with Crippen molar-refractivity contribution in [1.82, 2.24) is 0 Å². The number of nitrogens with one attached hydrogen (secondary N) is 1. The minimum absolute atomic E-state index is 0.105. The van der Waals surface area contributed by atoms with E-state index in [0.717, 1.165) is 17.1 Å². The van der Waals surface area contributed by atoms with Crippen LogP contribution in [0, 0.1) is 13.8 Å². The van der Waals surface area contributed by atoms with Crippen LogP contribution in [0.2, 0.25) is 0 Å². The van der Waals surface area contributed by atoms with Gasteiger partial charge in [-0.1, -0.05) is 12.1 Å². The summed E-state index contributed by atoms with van der Waals surface area (Å²) < 4.78 is 5.71. The van der Waals surface area contributed by atoms with Crippen molar-refractivity contribution in [3.63, 3.8) is 0 Å². The van der Waals surface area contributed by atoms with Gasteiger partial charge in [-0.25, -0.2) is 0 Å². The number of hydrogen-bond acceptors (Lipinski definition) is 3. The Morgan fingerprint density at radius 2 is 1.80 bits per heavy atom. The van der Waals surface area contributed by atoms with Crippen LogP contribution < -0.4 is 15.8 Å². The van der Waals surface area contributed by atoms with Crippen LogP contribution in [0.5, 0.6) is 5.75 Å². The SMILES string of the molecule is Cc1ccc(C)c(Nc2ccc(N)c(OC(C)C)c2)c1. The predicted octanol–water partition coefficient (Wildman–Crippen LogP) is 4.42. The first-order valence-corrected chi connectivity index (χ1v) is 6.86. The standard InChI is InChI=1S/C17H22N2O/c1-11(2)20-17-10-14(7-8-15(17)18)19-16-9-12(3)5-6-13(16)4/h5-11,19H,18H2,1-4H3. The summed E-state index contributed by atoms with van der Waals surface area (Å²) >= 11 is 0. The van der Waals surface area contributed by atoms with Gasteiger partial charge in [0.25, 0.3) is 0 Å². The number of ether oxygens (including phenoxy) is 1. The molecule has 0 radical (unpaired) electrons. The summed E-state index contributed by atoms with van der Waals surface area (Å²) in [5.41, 5.74) is 11.1. The van der Waals surface area contributed by atoms with Crippen molar-refractivity contribution in [2.75, 3.05) is 11.1 Å². The lowest BCUT2D eigenvalue weighted by molar-refractivity contribution is 0.244. The fourth-order valence-electron chi connectivity index (χ4n) is 1.99. The molecule has 3 heteroatoms. The number of anilines is 3. The fraction of sp³-hybridized carbons (Fsp3) is 0.294. The quantitative estimate of drug-likeness (QED) is 0.809. The van der Waals surface area contributed by atoms with E-state index >= 15 is 0 Å². The number of aryl methyl sites for hydroxylation is 2. The van der Waals surface area contributed by atoms with Gasteiger partial charge in [0.05, 0.1) is 11.8 Å². The molecule has 3 nitrogen and oxygen atoms in total. The average Bonchev–Trinajstić information content (AvgIpc) is 2.37. The largest absolute Gasteiger partial charge is 0.489 e. The van der Waals surface area contributed by atoms with Crippen molar-refractivity contribution >= 4 is 17.1 Å². The van der Waals surface area contributed by atoms with Gasteiger partial charge in [0.15, 0.2) is 0 Å². The molecule has 2 aromatic rings. The number of benzene rings is 2. The molecule has 0 fully saturated rings. The van der Waals surface area contributed by atoms with Crippen molar-refractivity contribution < 1.29 is 4.74 Å². The third-order valence-corrected chi connectivity index (χ3v) is 3.05. The molecule has 0 amide bonds. The first-order chi connectivity index (χ1) is 9.45. The van der Waals surface area contributed by atoms with E-state index in [0.29, 0.717) is 5.69 Å². The molecule has 0 spiro atoms. The Balaban J connectivity index is 2.27. The first-order valence-electron chi connectivity index (χ1n) is 6.86. The molecular weight excluding hydrogens is 248 g/mol. The Labute approximate surface area is 120 Å². The van der Waals surface area contributed by atoms with E-state index in [9.17, 15) is 0 Å². The molecule has 0 aliphatic heterocycles. The molecule has 0 unspecified atom stereocenters. The van der Waals surface area contributed by atoms with Crippen LogP contribution in [-0.2, 0) is 0 Å². The van der Waals surface area contributed by atoms with Crippen molar-refractivity contribution in [2.24, 2.45) is 0 Å². The van der Waals surface area contributed by atoms with Gasteiger partial charge in [-0.05, 0) is 57.0 Å². The van der Waals surface area contributed by atoms with Crippen LogP contribution in [0.15, 0.2) is 36.4 Å². The number of nitrogens with two attached hydrogens (primary N) is 1. The van der Waals surface area contributed by atoms with E-state index < -0.39 is 0 Å². The van der Waals surface area contributed by atoms with Gasteiger partial charge in [-0.2, -0.15) is 0 Å². The summed E-state index contributed by atoms with van der Waals surface area (Å²) in [6.45, 7) is 8.15. The van der Waals surface area contributed by atoms with Gasteiger partial charge in [0.1, 0.15) is 5.75 Å². The highest BCUT2D eigenvalue weighted by Gasteiger charge is 2.06. The predicted molar refractivity (Wildman–Crippen MR) is 85.8 cm³/mol. The molecule has 3 N–H and O–H groups in total. The fourth-order valence-corrected chi connectivity index (χ4v) is 1.99. The van der Waals surface area contributed by atoms with Crippen molar-refractivity contribution in [2.45, 2.75) is 33.8 Å². The molecule has 20 heavy (non-hydrogen) atoms. The molecule has 0 saturated heterocycles. The van der Waals surface area contributed by atoms with Crippen molar-refractivity contribution in [3.8, 4) is 5.75 Å². The molecule has 0 aliphatic carbocycles. The smallest absolute Gasteiger partial charge is 0.144 e. The number of nitrogen functional groups attached to an aromatic ring is 1. The number of rotatable bonds is 4. The lowest BCUT2D eigenvalue weighted by Crippen LogP contribution is -2.07. The Kier molecular flexibility index (Phi) is 4.18. The maximum Gasteiger partial charge on any atom is 0.144 e. The van der Waals surface area contributed by atoms with Crippen LogP contribution in [0.25, 0.3) is 0 Å². The van der Waals surface area contributed by atoms with Crippen LogP contribution in [-0.4, -0.2) is 6.10 Å². The van der Waals surface area contributed by atoms with Crippen molar-refractivity contribution in [3.05, 3.63) is 47.5 Å². The van der Waals surface area contributed by atoms with Gasteiger partial charge in [0, 0.05) is 17.4 Å². The molecule has 0 atom stereocenters. The Hall–Kier alpha value is -2.16. The zero-order chi connectivity index (χ0) is 14.7. The summed E-state index contributed by atoms with van der Waals surface area (Å²) in [5.74, 6) is 0.718. The molecule has 106 valence electrons. The van der Waals surface area contributed by atoms with E-state index in [1.165, 1.54) is 11.1 Å². The molecule has 0 aliphatic rings. The van der Waals surface area contributed by atoms with Crippen LogP contribution in [0.3, 0.4) is 0 Å². The van der Waals surface area contributed by atoms with Gasteiger partial charge in [0.2, 0.25) is 0 Å². The van der Waals surface area contributed by atoms with Gasteiger partial charge in [-0.15, -0.1) is 0 Å². The Morgan fingerprint density at radius 3 is 2.50 bits per heavy atom. The maximum absolute atomic E-state index is 5.93. The summed E-state index contributed by atoms with van der Waals surface area (Å²) in [6, 6.07) is 12.1. The summed E-state index contributed by atoms with van der Waals surface area (Å²) in [4.78, 5) is 0. The summed E-state index contributed by atoms with van der Waals surface area (Å²) in [6.07, 6.45) is 0.105. The lowest BCUT2D eigenvalue weighted by Gasteiger charge is -2.15. The summed E-state index contributed by atoms with van der Waals surface area (Å²) in [7, 11) is 0. The highest BCUT2D eigenvalue weighted by atomic mass is 16.5. The highest BCUT2D eigenvalue weighted by Crippen LogP contribution is 2.29. The topological polar surface area (TPSA) is 47.3 Å². The van der Waals surface area contributed by atoms with E-state index in [-0.39, 0.29) is 6.10 Å². The number of hydrogen-bond donors (Lipinski definition) is 2. The minimum Gasteiger partial charge on any atom is -0.489 e. The van der Waals surface area contributed by atoms with Gasteiger partial charge < -0.3 is 15.8 Å². The van der Waals surface area contributed by atoms with Crippen LogP contribution >= 0.6 is 0 Å². The minimum atomic E-state index is 0.105. The highest BCUT2D eigenvalue weighted by molar-refractivity contribution is 5.68. The van der Waals surface area contributed by atoms with Gasteiger partial charge in [-0.3, -0.25) is 0 Å². The second kappa shape index (κ2) is 5.87. The van der Waals surface area contributed by atoms with E-state index in [4.69, 9.17) is 10.5 Å². The van der Waals surface area contributed by atoms with E-state index in [1.807, 2.05) is 32.0 Å². The zero-order valence-corrected chi connectivity index (χ0v) is 12.5. The van der Waals surface area contributed by atoms with E-state index in [2.05, 4.69) is 37.4 Å². The average molecular weight is 270 g/mol. The van der Waals surface area contributed by atoms with Gasteiger partial charge >= 0.3 is 0 Å². The second-order valence-electron chi connectivity index (χ2n) is 5.36. The monoisotopic (exact) mass is 270 g/mol. The first kappa shape index (κ1) is 14.3. The third kappa shape index (κ3) is 3.44. The Bertz CT molecular complexity index is 606. The zero-order valence-electron chi connectivity index (χ0n) is 12.5. The molecule has 2 aromatic carbocycles. The van der Waals surface area contributed by atoms with E-state index in [1.54, 1.807) is 0 Å². The molecule has 2 rings (SSSR count). The molecule has 0 heterocycles. The molecule has 0 bridgehead atoms. The second-order valence-corrected chi connectivity index (χ2v) is 5.36. The molecule has 0 saturated carbocycles. The van der Waals surface area contributed by atoms with Crippen LogP contribution in [0.1, 0.15) is 25.0 Å². The van der Waals surface area contributed by atoms with Crippen LogP contribution in [0.4, 0.5) is 17.1 Å².